The smallest absolute Gasteiger partial charge is 0.345 e. The summed E-state index contributed by atoms with van der Waals surface area (Å²) in [6.07, 6.45) is 1.93. The Hall–Kier alpha value is -2.59. The molecule has 26 heavy (non-hydrogen) atoms. The second-order valence-electron chi connectivity index (χ2n) is 6.22. The number of carbonyl (C=O) groups is 2. The molecule has 3 aromatic rings. The van der Waals surface area contributed by atoms with Gasteiger partial charge in [0.2, 0.25) is 0 Å². The molecular formula is C21H20ClNO3. The summed E-state index contributed by atoms with van der Waals surface area (Å²) in [4.78, 5) is 23.1. The van der Waals surface area contributed by atoms with E-state index >= 15 is 0 Å². The van der Waals surface area contributed by atoms with Gasteiger partial charge < -0.3 is 9.30 Å². The maximum atomic E-state index is 12.1. The number of esters is 2. The first-order valence-corrected chi connectivity index (χ1v) is 8.95. The van der Waals surface area contributed by atoms with Crippen LogP contribution in [0.4, 0.5) is 0 Å². The number of hydrogen-bond donors (Lipinski definition) is 0. The zero-order valence-electron chi connectivity index (χ0n) is 14.8. The van der Waals surface area contributed by atoms with Crippen LogP contribution >= 0.6 is 11.6 Å². The fraction of sp³-hybridized carbons (Fsp3) is 0.238. The fourth-order valence-electron chi connectivity index (χ4n) is 3.08. The van der Waals surface area contributed by atoms with Crippen molar-refractivity contribution in [3.63, 3.8) is 0 Å². The summed E-state index contributed by atoms with van der Waals surface area (Å²) in [6.45, 7) is 3.97. The summed E-state index contributed by atoms with van der Waals surface area (Å²) in [6, 6.07) is 15.2. The average molecular weight is 370 g/mol. The minimum absolute atomic E-state index is 0.356. The Balaban J connectivity index is 2.08. The zero-order chi connectivity index (χ0) is 18.7. The largest absolute Gasteiger partial charge is 0.390 e. The Morgan fingerprint density at radius 3 is 2.58 bits per heavy atom. The van der Waals surface area contributed by atoms with Gasteiger partial charge in [0.05, 0.1) is 5.56 Å². The van der Waals surface area contributed by atoms with Crippen LogP contribution in [0.2, 0.25) is 5.02 Å². The summed E-state index contributed by atoms with van der Waals surface area (Å²) in [5, 5.41) is 1.75. The molecule has 0 aliphatic heterocycles. The first kappa shape index (κ1) is 18.2. The Labute approximate surface area is 157 Å². The lowest BCUT2D eigenvalue weighted by molar-refractivity contribution is -0.135. The number of fused-ring (bicyclic) bond motifs is 1. The van der Waals surface area contributed by atoms with Crippen molar-refractivity contribution in [2.45, 2.75) is 33.2 Å². The average Bonchev–Trinajstić information content (AvgIpc) is 2.93. The molecule has 5 heteroatoms. The minimum atomic E-state index is -0.637. The molecular weight excluding hydrogens is 350 g/mol. The molecule has 0 aliphatic rings. The molecule has 1 heterocycles. The number of nitrogens with zero attached hydrogens (tertiary/aromatic N) is 1. The van der Waals surface area contributed by atoms with Gasteiger partial charge in [0.25, 0.3) is 0 Å². The maximum Gasteiger partial charge on any atom is 0.345 e. The molecule has 0 saturated carbocycles. The molecule has 0 fully saturated rings. The molecule has 0 aliphatic carbocycles. The van der Waals surface area contributed by atoms with Crippen LogP contribution < -0.4 is 0 Å². The van der Waals surface area contributed by atoms with E-state index in [1.54, 1.807) is 12.1 Å². The molecule has 2 aromatic carbocycles. The standard InChI is InChI=1S/C21H20ClNO3/c1-3-6-18-11-15-9-10-16(21(25)26-14(2)24)12-20(15)23(18)13-17-7-4-5-8-19(17)22/h4-5,7-12H,3,6,13H2,1-2H3. The summed E-state index contributed by atoms with van der Waals surface area (Å²) in [5.74, 6) is -1.25. The van der Waals surface area contributed by atoms with Gasteiger partial charge in [-0.1, -0.05) is 49.2 Å². The van der Waals surface area contributed by atoms with E-state index in [1.807, 2.05) is 30.3 Å². The third-order valence-corrected chi connectivity index (χ3v) is 4.62. The van der Waals surface area contributed by atoms with E-state index in [0.717, 1.165) is 29.3 Å². The van der Waals surface area contributed by atoms with Gasteiger partial charge in [-0.2, -0.15) is 0 Å². The Morgan fingerprint density at radius 2 is 1.88 bits per heavy atom. The Bertz CT molecular complexity index is 975. The lowest BCUT2D eigenvalue weighted by Gasteiger charge is -2.12. The van der Waals surface area contributed by atoms with Crippen molar-refractivity contribution in [3.8, 4) is 0 Å². The number of aryl methyl sites for hydroxylation is 1. The van der Waals surface area contributed by atoms with Crippen LogP contribution in [0.25, 0.3) is 10.9 Å². The molecule has 0 bridgehead atoms. The Kier molecular flexibility index (Phi) is 5.43. The van der Waals surface area contributed by atoms with E-state index in [9.17, 15) is 9.59 Å². The van der Waals surface area contributed by atoms with Crippen molar-refractivity contribution in [1.29, 1.82) is 0 Å². The highest BCUT2D eigenvalue weighted by Crippen LogP contribution is 2.26. The molecule has 4 nitrogen and oxygen atoms in total. The van der Waals surface area contributed by atoms with Crippen LogP contribution in [0, 0.1) is 0 Å². The molecule has 1 aromatic heterocycles. The number of rotatable bonds is 5. The maximum absolute atomic E-state index is 12.1. The van der Waals surface area contributed by atoms with Crippen molar-refractivity contribution in [3.05, 3.63) is 70.4 Å². The molecule has 0 unspecified atom stereocenters. The molecule has 134 valence electrons. The number of aromatic nitrogens is 1. The second-order valence-corrected chi connectivity index (χ2v) is 6.63. The minimum Gasteiger partial charge on any atom is -0.390 e. The summed E-state index contributed by atoms with van der Waals surface area (Å²) >= 11 is 6.34. The highest BCUT2D eigenvalue weighted by Gasteiger charge is 2.15. The number of benzene rings is 2. The van der Waals surface area contributed by atoms with E-state index in [2.05, 4.69) is 17.6 Å². The quantitative estimate of drug-likeness (QED) is 0.469. The second kappa shape index (κ2) is 7.75. The number of carbonyl (C=O) groups excluding carboxylic acids is 2. The summed E-state index contributed by atoms with van der Waals surface area (Å²) < 4.78 is 6.88. The number of halogens is 1. The van der Waals surface area contributed by atoms with Crippen molar-refractivity contribution in [1.82, 2.24) is 4.57 Å². The molecule has 0 atom stereocenters. The van der Waals surface area contributed by atoms with Crippen molar-refractivity contribution < 1.29 is 14.3 Å². The van der Waals surface area contributed by atoms with Gasteiger partial charge in [-0.25, -0.2) is 4.79 Å². The Morgan fingerprint density at radius 1 is 1.12 bits per heavy atom. The van der Waals surface area contributed by atoms with Crippen LogP contribution in [-0.4, -0.2) is 16.5 Å². The van der Waals surface area contributed by atoms with Gasteiger partial charge in [0.15, 0.2) is 0 Å². The van der Waals surface area contributed by atoms with Crippen LogP contribution in [0.5, 0.6) is 0 Å². The first-order valence-electron chi connectivity index (χ1n) is 8.58. The van der Waals surface area contributed by atoms with E-state index in [4.69, 9.17) is 16.3 Å². The van der Waals surface area contributed by atoms with Gasteiger partial charge in [-0.05, 0) is 41.6 Å². The highest BCUT2D eigenvalue weighted by atomic mass is 35.5. The van der Waals surface area contributed by atoms with E-state index in [-0.39, 0.29) is 0 Å². The van der Waals surface area contributed by atoms with E-state index < -0.39 is 11.9 Å². The molecule has 3 rings (SSSR count). The van der Waals surface area contributed by atoms with Crippen LogP contribution in [0.3, 0.4) is 0 Å². The van der Waals surface area contributed by atoms with Crippen LogP contribution in [-0.2, 0) is 22.5 Å². The summed E-state index contributed by atoms with van der Waals surface area (Å²) in [7, 11) is 0. The SMILES string of the molecule is CCCc1cc2ccc(C(=O)OC(C)=O)cc2n1Cc1ccccc1Cl. The van der Waals surface area contributed by atoms with Crippen molar-refractivity contribution in [2.75, 3.05) is 0 Å². The summed E-state index contributed by atoms with van der Waals surface area (Å²) in [5.41, 5.74) is 3.47. The lowest BCUT2D eigenvalue weighted by Crippen LogP contribution is -2.10. The lowest BCUT2D eigenvalue weighted by atomic mass is 10.1. The highest BCUT2D eigenvalue weighted by molar-refractivity contribution is 6.31. The monoisotopic (exact) mass is 369 g/mol. The van der Waals surface area contributed by atoms with E-state index in [1.165, 1.54) is 12.6 Å². The van der Waals surface area contributed by atoms with Gasteiger partial charge >= 0.3 is 11.9 Å². The van der Waals surface area contributed by atoms with Crippen molar-refractivity contribution in [2.24, 2.45) is 0 Å². The van der Waals surface area contributed by atoms with Crippen LogP contribution in [0.15, 0.2) is 48.5 Å². The predicted octanol–water partition coefficient (Wildman–Crippen LogP) is 5.00. The van der Waals surface area contributed by atoms with E-state index in [0.29, 0.717) is 17.1 Å². The molecule has 0 spiro atoms. The molecule has 0 N–H and O–H groups in total. The molecule has 0 radical (unpaired) electrons. The zero-order valence-corrected chi connectivity index (χ0v) is 15.5. The third kappa shape index (κ3) is 3.81. The van der Waals surface area contributed by atoms with Gasteiger partial charge in [-0.15, -0.1) is 0 Å². The van der Waals surface area contributed by atoms with Gasteiger partial charge in [0.1, 0.15) is 0 Å². The normalized spacial score (nSPS) is 10.9. The molecule has 0 saturated heterocycles. The first-order chi connectivity index (χ1) is 12.5. The number of hydrogen-bond acceptors (Lipinski definition) is 3. The number of ether oxygens (including phenoxy) is 1. The third-order valence-electron chi connectivity index (χ3n) is 4.25. The van der Waals surface area contributed by atoms with Gasteiger partial charge in [0, 0.05) is 29.7 Å². The van der Waals surface area contributed by atoms with Crippen molar-refractivity contribution >= 4 is 34.4 Å². The van der Waals surface area contributed by atoms with Crippen LogP contribution in [0.1, 0.15) is 41.9 Å². The predicted molar refractivity (Wildman–Crippen MR) is 103 cm³/mol. The molecule has 0 amide bonds. The topological polar surface area (TPSA) is 48.3 Å². The fourth-order valence-corrected chi connectivity index (χ4v) is 3.27. The van der Waals surface area contributed by atoms with Gasteiger partial charge in [-0.3, -0.25) is 4.79 Å².